The first-order valence-electron chi connectivity index (χ1n) is 8.17. The summed E-state index contributed by atoms with van der Waals surface area (Å²) in [4.78, 5) is 14.5. The Morgan fingerprint density at radius 1 is 1.25 bits per heavy atom. The molecule has 1 amide bonds. The average Bonchev–Trinajstić information content (AvgIpc) is 3.20. The number of nitrogens with zero attached hydrogens (tertiary/aromatic N) is 1. The van der Waals surface area contributed by atoms with E-state index in [1.807, 2.05) is 0 Å². The molecule has 1 heterocycles. The number of amides is 1. The van der Waals surface area contributed by atoms with Crippen LogP contribution in [0.5, 0.6) is 0 Å². The van der Waals surface area contributed by atoms with Crippen molar-refractivity contribution in [3.05, 3.63) is 0 Å². The molecule has 0 radical (unpaired) electrons. The molecule has 118 valence electrons. The van der Waals surface area contributed by atoms with Crippen LogP contribution in [-0.2, 0) is 4.79 Å². The molecule has 3 nitrogen and oxygen atoms in total. The molecule has 2 aliphatic rings. The van der Waals surface area contributed by atoms with Crippen LogP contribution in [0.2, 0.25) is 0 Å². The van der Waals surface area contributed by atoms with Crippen LogP contribution in [0.1, 0.15) is 58.8 Å². The Balaban J connectivity index is 0.00000200. The summed E-state index contributed by atoms with van der Waals surface area (Å²) in [5.41, 5.74) is 0. The third-order valence-electron chi connectivity index (χ3n) is 4.43. The Labute approximate surface area is 130 Å². The highest BCUT2D eigenvalue weighted by Crippen LogP contribution is 2.27. The first-order valence-corrected chi connectivity index (χ1v) is 8.17. The van der Waals surface area contributed by atoms with Gasteiger partial charge in [-0.3, -0.25) is 4.79 Å². The van der Waals surface area contributed by atoms with Crippen molar-refractivity contribution < 1.29 is 4.79 Å². The molecule has 0 spiro atoms. The van der Waals surface area contributed by atoms with Crippen LogP contribution < -0.4 is 5.32 Å². The topological polar surface area (TPSA) is 32.3 Å². The number of nitrogens with one attached hydrogen (secondary N) is 1. The fourth-order valence-corrected chi connectivity index (χ4v) is 2.96. The van der Waals surface area contributed by atoms with E-state index in [0.29, 0.717) is 18.5 Å². The van der Waals surface area contributed by atoms with Gasteiger partial charge in [-0.1, -0.05) is 13.8 Å². The lowest BCUT2D eigenvalue weighted by Gasteiger charge is -2.36. The predicted molar refractivity (Wildman–Crippen MR) is 86.3 cm³/mol. The summed E-state index contributed by atoms with van der Waals surface area (Å²) in [6, 6.07) is 0.506. The Morgan fingerprint density at radius 3 is 2.65 bits per heavy atom. The van der Waals surface area contributed by atoms with E-state index in [-0.39, 0.29) is 12.4 Å². The number of piperidine rings is 1. The maximum absolute atomic E-state index is 12.3. The molecule has 2 fully saturated rings. The fraction of sp³-hybridized carbons (Fsp3) is 0.938. The van der Waals surface area contributed by atoms with Gasteiger partial charge in [0.15, 0.2) is 0 Å². The van der Waals surface area contributed by atoms with Gasteiger partial charge in [-0.2, -0.15) is 0 Å². The summed E-state index contributed by atoms with van der Waals surface area (Å²) in [5.74, 6) is 1.92. The molecule has 0 aromatic rings. The van der Waals surface area contributed by atoms with Crippen molar-refractivity contribution in [2.45, 2.75) is 64.8 Å². The number of hydrogen-bond donors (Lipinski definition) is 1. The van der Waals surface area contributed by atoms with Crippen LogP contribution in [0.4, 0.5) is 0 Å². The number of hydrogen-bond acceptors (Lipinski definition) is 2. The average molecular weight is 303 g/mol. The van der Waals surface area contributed by atoms with Gasteiger partial charge in [0.25, 0.3) is 0 Å². The van der Waals surface area contributed by atoms with Gasteiger partial charge < -0.3 is 10.2 Å². The molecule has 1 saturated carbocycles. The maximum Gasteiger partial charge on any atom is 0.236 e. The zero-order valence-corrected chi connectivity index (χ0v) is 13.9. The highest BCUT2D eigenvalue weighted by molar-refractivity contribution is 5.85. The molecule has 2 rings (SSSR count). The minimum atomic E-state index is 0. The summed E-state index contributed by atoms with van der Waals surface area (Å²) in [6.45, 7) is 7.11. The van der Waals surface area contributed by atoms with Gasteiger partial charge in [-0.05, 0) is 63.3 Å². The Morgan fingerprint density at radius 2 is 2.00 bits per heavy atom. The second-order valence-electron chi connectivity index (χ2n) is 6.78. The number of carbonyl (C=O) groups excluding carboxylic acids is 1. The lowest BCUT2D eigenvalue weighted by molar-refractivity contribution is -0.134. The van der Waals surface area contributed by atoms with Gasteiger partial charge in [-0.25, -0.2) is 0 Å². The van der Waals surface area contributed by atoms with Crippen molar-refractivity contribution in [3.63, 3.8) is 0 Å². The van der Waals surface area contributed by atoms with Gasteiger partial charge in [0.05, 0.1) is 6.54 Å². The van der Waals surface area contributed by atoms with E-state index in [0.717, 1.165) is 24.9 Å². The number of halogens is 1. The molecule has 1 N–H and O–H groups in total. The second kappa shape index (κ2) is 8.89. The standard InChI is InChI=1S/C16H30N2O.ClH/c1-13(2)6-9-15-5-3-4-10-18(15)16(19)12-17-11-14-7-8-14;/h13-15,17H,3-12H2,1-2H3;1H. The molecule has 1 unspecified atom stereocenters. The minimum Gasteiger partial charge on any atom is -0.339 e. The first-order chi connectivity index (χ1) is 9.16. The van der Waals surface area contributed by atoms with Crippen molar-refractivity contribution in [2.75, 3.05) is 19.6 Å². The van der Waals surface area contributed by atoms with Gasteiger partial charge in [0.1, 0.15) is 0 Å². The summed E-state index contributed by atoms with van der Waals surface area (Å²) >= 11 is 0. The Hall–Kier alpha value is -0.280. The molecule has 20 heavy (non-hydrogen) atoms. The molecule has 1 aliphatic heterocycles. The lowest BCUT2D eigenvalue weighted by Crippen LogP contribution is -2.47. The van der Waals surface area contributed by atoms with Crippen LogP contribution in [0.25, 0.3) is 0 Å². The van der Waals surface area contributed by atoms with Gasteiger partial charge >= 0.3 is 0 Å². The normalized spacial score (nSPS) is 22.8. The highest BCUT2D eigenvalue weighted by atomic mass is 35.5. The summed E-state index contributed by atoms with van der Waals surface area (Å²) in [5, 5.41) is 3.34. The van der Waals surface area contributed by atoms with Crippen molar-refractivity contribution >= 4 is 18.3 Å². The van der Waals surface area contributed by atoms with Crippen LogP contribution in [0, 0.1) is 11.8 Å². The monoisotopic (exact) mass is 302 g/mol. The van der Waals surface area contributed by atoms with Crippen LogP contribution in [-0.4, -0.2) is 36.5 Å². The van der Waals surface area contributed by atoms with Crippen molar-refractivity contribution in [2.24, 2.45) is 11.8 Å². The molecule has 0 aromatic heterocycles. The Kier molecular flexibility index (Phi) is 7.90. The lowest BCUT2D eigenvalue weighted by atomic mass is 9.94. The van der Waals surface area contributed by atoms with E-state index in [2.05, 4.69) is 24.1 Å². The fourth-order valence-electron chi connectivity index (χ4n) is 2.96. The minimum absolute atomic E-state index is 0. The summed E-state index contributed by atoms with van der Waals surface area (Å²) < 4.78 is 0. The summed E-state index contributed by atoms with van der Waals surface area (Å²) in [6.07, 6.45) is 8.81. The Bertz CT molecular complexity index is 292. The van der Waals surface area contributed by atoms with Gasteiger partial charge in [0.2, 0.25) is 5.91 Å². The zero-order chi connectivity index (χ0) is 13.7. The SMILES string of the molecule is CC(C)CCC1CCCCN1C(=O)CNCC1CC1.Cl. The van der Waals surface area contributed by atoms with Crippen LogP contribution in [0.15, 0.2) is 0 Å². The smallest absolute Gasteiger partial charge is 0.236 e. The predicted octanol–water partition coefficient (Wildman–Crippen LogP) is 3.23. The van der Waals surface area contributed by atoms with Crippen LogP contribution in [0.3, 0.4) is 0 Å². The third kappa shape index (κ3) is 6.01. The molecule has 0 aromatic carbocycles. The third-order valence-corrected chi connectivity index (χ3v) is 4.43. The number of likely N-dealkylation sites (tertiary alicyclic amines) is 1. The van der Waals surface area contributed by atoms with Crippen LogP contribution >= 0.6 is 12.4 Å². The van der Waals surface area contributed by atoms with Crippen molar-refractivity contribution in [1.82, 2.24) is 10.2 Å². The van der Waals surface area contributed by atoms with E-state index in [1.54, 1.807) is 0 Å². The van der Waals surface area contributed by atoms with Crippen molar-refractivity contribution in [3.8, 4) is 0 Å². The molecule has 4 heteroatoms. The second-order valence-corrected chi connectivity index (χ2v) is 6.78. The van der Waals surface area contributed by atoms with E-state index >= 15 is 0 Å². The van der Waals surface area contributed by atoms with Crippen molar-refractivity contribution in [1.29, 1.82) is 0 Å². The number of rotatable bonds is 7. The van der Waals surface area contributed by atoms with Gasteiger partial charge in [-0.15, -0.1) is 12.4 Å². The first kappa shape index (κ1) is 17.8. The maximum atomic E-state index is 12.3. The molecule has 1 aliphatic carbocycles. The van der Waals surface area contributed by atoms with E-state index < -0.39 is 0 Å². The molecular weight excluding hydrogens is 272 g/mol. The molecule has 1 atom stereocenters. The number of carbonyl (C=O) groups is 1. The van der Waals surface area contributed by atoms with E-state index in [1.165, 1.54) is 44.9 Å². The quantitative estimate of drug-likeness (QED) is 0.783. The zero-order valence-electron chi connectivity index (χ0n) is 13.1. The van der Waals surface area contributed by atoms with E-state index in [4.69, 9.17) is 0 Å². The molecule has 0 bridgehead atoms. The molecule has 1 saturated heterocycles. The van der Waals surface area contributed by atoms with Gasteiger partial charge in [0, 0.05) is 12.6 Å². The summed E-state index contributed by atoms with van der Waals surface area (Å²) in [7, 11) is 0. The largest absolute Gasteiger partial charge is 0.339 e. The van der Waals surface area contributed by atoms with E-state index in [9.17, 15) is 4.79 Å². The highest BCUT2D eigenvalue weighted by Gasteiger charge is 2.27. The molecular formula is C16H31ClN2O.